The quantitative estimate of drug-likeness (QED) is 0.556. The molecule has 2 atom stereocenters. The molecule has 3 aliphatic rings. The summed E-state index contributed by atoms with van der Waals surface area (Å²) in [5, 5.41) is 2.81. The van der Waals surface area contributed by atoms with E-state index in [1.807, 2.05) is 0 Å². The van der Waals surface area contributed by atoms with Gasteiger partial charge in [0, 0.05) is 31.3 Å². The lowest BCUT2D eigenvalue weighted by atomic mass is 10.1. The first-order chi connectivity index (χ1) is 17.8. The highest BCUT2D eigenvalue weighted by molar-refractivity contribution is 6.04. The molecule has 192 valence electrons. The van der Waals surface area contributed by atoms with Crippen molar-refractivity contribution in [2.75, 3.05) is 41.4 Å². The number of alkyl halides is 3. The molecular formula is C25H23F3N6O3. The summed E-state index contributed by atoms with van der Waals surface area (Å²) in [4.78, 5) is 30.3. The maximum Gasteiger partial charge on any atom is 0.416 e. The molecule has 2 amide bonds. The average Bonchev–Trinajstić information content (AvgIpc) is 3.54. The van der Waals surface area contributed by atoms with Crippen LogP contribution < -0.4 is 19.9 Å². The van der Waals surface area contributed by atoms with Crippen LogP contribution in [0.3, 0.4) is 0 Å². The highest BCUT2D eigenvalue weighted by atomic mass is 19.4. The van der Waals surface area contributed by atoms with Gasteiger partial charge in [-0.1, -0.05) is 12.1 Å². The van der Waals surface area contributed by atoms with Crippen LogP contribution in [-0.4, -0.2) is 59.4 Å². The van der Waals surface area contributed by atoms with Crippen LogP contribution in [0.2, 0.25) is 0 Å². The largest absolute Gasteiger partial charge is 0.458 e. The number of benzene rings is 1. The van der Waals surface area contributed by atoms with Crippen LogP contribution in [0, 0.1) is 0 Å². The number of ether oxygens (including phenoxy) is 2. The molecule has 0 saturated carbocycles. The van der Waals surface area contributed by atoms with E-state index in [0.717, 1.165) is 37.2 Å². The van der Waals surface area contributed by atoms with Crippen molar-refractivity contribution >= 4 is 23.4 Å². The van der Waals surface area contributed by atoms with Crippen molar-refractivity contribution in [3.8, 4) is 17.3 Å². The van der Waals surface area contributed by atoms with E-state index in [0.29, 0.717) is 36.8 Å². The molecular weight excluding hydrogens is 489 g/mol. The van der Waals surface area contributed by atoms with Crippen LogP contribution in [0.1, 0.15) is 18.4 Å². The zero-order chi connectivity index (χ0) is 25.6. The van der Waals surface area contributed by atoms with Crippen molar-refractivity contribution in [1.82, 2.24) is 15.0 Å². The second-order valence-corrected chi connectivity index (χ2v) is 9.13. The van der Waals surface area contributed by atoms with Crippen molar-refractivity contribution in [3.63, 3.8) is 0 Å². The lowest BCUT2D eigenvalue weighted by Crippen LogP contribution is -2.48. The van der Waals surface area contributed by atoms with Crippen molar-refractivity contribution in [2.45, 2.75) is 31.2 Å². The number of aromatic nitrogens is 3. The highest BCUT2D eigenvalue weighted by Gasteiger charge is 2.40. The number of nitrogens with zero attached hydrogens (tertiary/aromatic N) is 5. The van der Waals surface area contributed by atoms with Crippen LogP contribution in [0.4, 0.5) is 35.3 Å². The highest BCUT2D eigenvalue weighted by Crippen LogP contribution is 2.41. The van der Waals surface area contributed by atoms with E-state index in [1.54, 1.807) is 29.2 Å². The Morgan fingerprint density at radius 2 is 2.03 bits per heavy atom. The summed E-state index contributed by atoms with van der Waals surface area (Å²) in [6.07, 6.45) is -1.63. The van der Waals surface area contributed by atoms with Gasteiger partial charge in [0.05, 0.1) is 36.2 Å². The lowest BCUT2D eigenvalue weighted by Gasteiger charge is -2.35. The molecule has 0 aliphatic carbocycles. The second kappa shape index (κ2) is 9.18. The molecule has 0 radical (unpaired) electrons. The molecule has 0 spiro atoms. The molecule has 1 unspecified atom stereocenters. The third-order valence-corrected chi connectivity index (χ3v) is 6.68. The summed E-state index contributed by atoms with van der Waals surface area (Å²) >= 11 is 0. The predicted molar refractivity (Wildman–Crippen MR) is 129 cm³/mol. The molecule has 2 bridgehead atoms. The molecule has 3 aromatic rings. The number of anilines is 3. The van der Waals surface area contributed by atoms with Gasteiger partial charge in [-0.05, 0) is 36.8 Å². The smallest absolute Gasteiger partial charge is 0.416 e. The minimum absolute atomic E-state index is 0.134. The Hall–Kier alpha value is -3.93. The van der Waals surface area contributed by atoms with Crippen molar-refractivity contribution in [3.05, 3.63) is 54.2 Å². The molecule has 12 heteroatoms. The molecule has 37 heavy (non-hydrogen) atoms. The van der Waals surface area contributed by atoms with Crippen molar-refractivity contribution in [1.29, 1.82) is 0 Å². The monoisotopic (exact) mass is 512 g/mol. The number of hydrogen-bond acceptors (Lipinski definition) is 7. The molecule has 5 heterocycles. The van der Waals surface area contributed by atoms with E-state index in [9.17, 15) is 18.0 Å². The molecule has 9 nitrogen and oxygen atoms in total. The van der Waals surface area contributed by atoms with Crippen molar-refractivity contribution < 1.29 is 27.4 Å². The predicted octanol–water partition coefficient (Wildman–Crippen LogP) is 4.36. The number of carbonyl (C=O) groups excluding carboxylic acids is 1. The van der Waals surface area contributed by atoms with Gasteiger partial charge in [-0.2, -0.15) is 18.2 Å². The average molecular weight is 512 g/mol. The Balaban J connectivity index is 1.29. The summed E-state index contributed by atoms with van der Waals surface area (Å²) in [5.74, 6) is 0.666. The Labute approximate surface area is 210 Å². The zero-order valence-corrected chi connectivity index (χ0v) is 19.6. The summed E-state index contributed by atoms with van der Waals surface area (Å²) < 4.78 is 50.9. The number of amides is 2. The van der Waals surface area contributed by atoms with Crippen LogP contribution >= 0.6 is 0 Å². The molecule has 1 aromatic carbocycles. The number of pyridine rings is 1. The zero-order valence-electron chi connectivity index (χ0n) is 19.6. The van der Waals surface area contributed by atoms with Crippen LogP contribution in [0.5, 0.6) is 6.01 Å². The van der Waals surface area contributed by atoms with E-state index in [2.05, 4.69) is 25.2 Å². The van der Waals surface area contributed by atoms with Gasteiger partial charge in [-0.25, -0.2) is 14.8 Å². The van der Waals surface area contributed by atoms with Crippen LogP contribution in [-0.2, 0) is 10.9 Å². The minimum Gasteiger partial charge on any atom is -0.458 e. The van der Waals surface area contributed by atoms with E-state index >= 15 is 0 Å². The number of fused-ring (bicyclic) bond motifs is 4. The molecule has 2 fully saturated rings. The third kappa shape index (κ3) is 4.64. The maximum absolute atomic E-state index is 13.5. The number of urea groups is 1. The summed E-state index contributed by atoms with van der Waals surface area (Å²) in [6, 6.07) is 9.64. The minimum atomic E-state index is -4.47. The van der Waals surface area contributed by atoms with Gasteiger partial charge in [0.2, 0.25) is 0 Å². The number of carbonyl (C=O) groups is 1. The Morgan fingerprint density at radius 3 is 2.84 bits per heavy atom. The fourth-order valence-electron chi connectivity index (χ4n) is 4.88. The Kier molecular flexibility index (Phi) is 5.82. The van der Waals surface area contributed by atoms with Gasteiger partial charge in [0.25, 0.3) is 0 Å². The van der Waals surface area contributed by atoms with Crippen molar-refractivity contribution in [2.24, 2.45) is 0 Å². The summed E-state index contributed by atoms with van der Waals surface area (Å²) in [5.41, 5.74) is 0.669. The normalized spacial score (nSPS) is 20.6. The van der Waals surface area contributed by atoms with Gasteiger partial charge in [0.15, 0.2) is 5.82 Å². The molecule has 3 aliphatic heterocycles. The Bertz CT molecular complexity index is 1330. The lowest BCUT2D eigenvalue weighted by molar-refractivity contribution is -0.137. The van der Waals surface area contributed by atoms with E-state index < -0.39 is 17.8 Å². The second-order valence-electron chi connectivity index (χ2n) is 9.13. The Morgan fingerprint density at radius 1 is 1.14 bits per heavy atom. The first kappa shape index (κ1) is 23.5. The van der Waals surface area contributed by atoms with Gasteiger partial charge in [-0.15, -0.1) is 0 Å². The fraction of sp³-hybridized carbons (Fsp3) is 0.360. The first-order valence-electron chi connectivity index (χ1n) is 12.0. The third-order valence-electron chi connectivity index (χ3n) is 6.68. The molecule has 6 rings (SSSR count). The number of hydrogen-bond donors (Lipinski definition) is 1. The molecule has 1 N–H and O–H groups in total. The van der Waals surface area contributed by atoms with Gasteiger partial charge in [0.1, 0.15) is 11.9 Å². The number of halogens is 3. The SMILES string of the molecule is O=C(Nc1ccnc(O[C@@H]2CCOC2)n1)N1c2nc(-c3cccc(C(F)(F)F)c3)ccc2N2CCC1C2. The fourth-order valence-corrected chi connectivity index (χ4v) is 4.88. The number of rotatable bonds is 4. The van der Waals surface area contributed by atoms with E-state index in [4.69, 9.17) is 9.47 Å². The van der Waals surface area contributed by atoms with Crippen LogP contribution in [0.15, 0.2) is 48.7 Å². The maximum atomic E-state index is 13.5. The first-order valence-corrected chi connectivity index (χ1v) is 12.0. The standard InChI is InChI=1S/C25H23F3N6O3/c26-25(27,28)16-3-1-2-15(12-16)19-4-5-20-22(30-19)34(17-7-10-33(20)13-17)24(35)32-21-6-9-29-23(31-21)37-18-8-11-36-14-18/h1-6,9,12,17-18H,7-8,10-11,13-14H2,(H,29,31,32,35)/t17?,18-/m1/s1. The van der Waals surface area contributed by atoms with Gasteiger partial charge >= 0.3 is 18.2 Å². The summed E-state index contributed by atoms with van der Waals surface area (Å²) in [6.45, 7) is 2.47. The number of nitrogens with one attached hydrogen (secondary N) is 1. The summed E-state index contributed by atoms with van der Waals surface area (Å²) in [7, 11) is 0. The van der Waals surface area contributed by atoms with E-state index in [-0.39, 0.29) is 24.0 Å². The topological polar surface area (TPSA) is 92.7 Å². The van der Waals surface area contributed by atoms with Gasteiger partial charge in [-0.3, -0.25) is 10.2 Å². The van der Waals surface area contributed by atoms with Crippen LogP contribution in [0.25, 0.3) is 11.3 Å². The van der Waals surface area contributed by atoms with Gasteiger partial charge < -0.3 is 14.4 Å². The molecule has 2 aromatic heterocycles. The van der Waals surface area contributed by atoms with E-state index in [1.165, 1.54) is 12.3 Å². The molecule has 2 saturated heterocycles.